The number of nitrogens with zero attached hydrogens (tertiary/aromatic N) is 1. The predicted octanol–water partition coefficient (Wildman–Crippen LogP) is 3.02. The third-order valence-corrected chi connectivity index (χ3v) is 4.32. The van der Waals surface area contributed by atoms with Gasteiger partial charge >= 0.3 is 7.12 Å². The highest BCUT2D eigenvalue weighted by Gasteiger charge is 2.52. The molecule has 20 heavy (non-hydrogen) atoms. The average molecular weight is 268 g/mol. The Morgan fingerprint density at radius 3 is 2.40 bits per heavy atom. The summed E-state index contributed by atoms with van der Waals surface area (Å²) in [4.78, 5) is 6.67. The van der Waals surface area contributed by atoms with Crippen LogP contribution in [0, 0.1) is 6.57 Å². The van der Waals surface area contributed by atoms with Crippen LogP contribution < -0.4 is 5.46 Å². The van der Waals surface area contributed by atoms with Crippen molar-refractivity contribution in [1.29, 1.82) is 0 Å². The third-order valence-electron chi connectivity index (χ3n) is 4.32. The molecule has 1 saturated heterocycles. The van der Waals surface area contributed by atoms with E-state index in [2.05, 4.69) is 9.83 Å². The van der Waals surface area contributed by atoms with Crippen LogP contribution in [-0.4, -0.2) is 23.3 Å². The fraction of sp³-hybridized carbons (Fsp3) is 0.400. The van der Waals surface area contributed by atoms with Crippen LogP contribution in [0.25, 0.3) is 15.7 Å². The van der Waals surface area contributed by atoms with Crippen LogP contribution in [0.2, 0.25) is 0 Å². The van der Waals surface area contributed by atoms with E-state index in [1.54, 1.807) is 0 Å². The van der Waals surface area contributed by atoms with Gasteiger partial charge in [-0.2, -0.15) is 0 Å². The molecule has 5 heteroatoms. The minimum absolute atomic E-state index is 0.381. The highest BCUT2D eigenvalue weighted by Crippen LogP contribution is 2.37. The number of hydrogen-bond acceptors (Lipinski definition) is 2. The Morgan fingerprint density at radius 1 is 1.15 bits per heavy atom. The molecule has 1 N–H and O–H groups in total. The summed E-state index contributed by atoms with van der Waals surface area (Å²) in [5.74, 6) is 0. The molecule has 4 nitrogen and oxygen atoms in total. The zero-order valence-corrected chi connectivity index (χ0v) is 12.2. The molecule has 0 atom stereocenters. The lowest BCUT2D eigenvalue weighted by atomic mass is 9.76. The fourth-order valence-corrected chi connectivity index (χ4v) is 2.41. The monoisotopic (exact) mass is 268 g/mol. The Labute approximate surface area is 119 Å². The summed E-state index contributed by atoms with van der Waals surface area (Å²) >= 11 is 0. The second-order valence-electron chi connectivity index (χ2n) is 6.17. The van der Waals surface area contributed by atoms with E-state index in [1.807, 2.05) is 52.1 Å². The Bertz CT molecular complexity index is 696. The van der Waals surface area contributed by atoms with Gasteiger partial charge < -0.3 is 14.3 Å². The van der Waals surface area contributed by atoms with Crippen LogP contribution in [0.3, 0.4) is 0 Å². The Hall–Kier alpha value is -1.77. The molecule has 1 aromatic heterocycles. The van der Waals surface area contributed by atoms with Gasteiger partial charge in [-0.05, 0) is 50.7 Å². The first kappa shape index (κ1) is 13.2. The van der Waals surface area contributed by atoms with Crippen molar-refractivity contribution in [3.8, 4) is 0 Å². The highest BCUT2D eigenvalue weighted by atomic mass is 16.7. The van der Waals surface area contributed by atoms with Crippen molar-refractivity contribution in [2.24, 2.45) is 0 Å². The van der Waals surface area contributed by atoms with Gasteiger partial charge in [-0.1, -0.05) is 6.07 Å². The molecule has 1 aliphatic rings. The van der Waals surface area contributed by atoms with Gasteiger partial charge in [0.1, 0.15) is 0 Å². The molecule has 0 aliphatic carbocycles. The number of benzene rings is 1. The maximum absolute atomic E-state index is 7.22. The van der Waals surface area contributed by atoms with Gasteiger partial charge in [0.25, 0.3) is 0 Å². The molecule has 2 aromatic rings. The van der Waals surface area contributed by atoms with E-state index in [4.69, 9.17) is 15.9 Å². The van der Waals surface area contributed by atoms with Crippen molar-refractivity contribution >= 4 is 29.2 Å². The molecule has 0 amide bonds. The summed E-state index contributed by atoms with van der Waals surface area (Å²) in [7, 11) is -0.444. The molecule has 0 spiro atoms. The van der Waals surface area contributed by atoms with Crippen LogP contribution >= 0.6 is 0 Å². The molecular weight excluding hydrogens is 251 g/mol. The lowest BCUT2D eigenvalue weighted by Gasteiger charge is -2.32. The fourth-order valence-electron chi connectivity index (χ4n) is 2.41. The highest BCUT2D eigenvalue weighted by molar-refractivity contribution is 6.65. The number of aromatic nitrogens is 1. The summed E-state index contributed by atoms with van der Waals surface area (Å²) < 4.78 is 12.2. The van der Waals surface area contributed by atoms with Crippen LogP contribution in [-0.2, 0) is 9.31 Å². The van der Waals surface area contributed by atoms with Crippen molar-refractivity contribution < 1.29 is 9.31 Å². The summed E-state index contributed by atoms with van der Waals surface area (Å²) in [6.45, 7) is 15.3. The molecule has 1 fully saturated rings. The Kier molecular flexibility index (Phi) is 2.72. The van der Waals surface area contributed by atoms with Gasteiger partial charge in [0.2, 0.25) is 0 Å². The third kappa shape index (κ3) is 1.84. The maximum atomic E-state index is 7.22. The lowest BCUT2D eigenvalue weighted by molar-refractivity contribution is 0.00578. The number of rotatable bonds is 1. The zero-order valence-electron chi connectivity index (χ0n) is 12.2. The SMILES string of the molecule is [C-]#[N+]c1cc(B2OC(C)(C)C(C)(C)O2)c2cc[nH]c2c1. The second-order valence-corrected chi connectivity index (χ2v) is 6.17. The number of H-pyrrole nitrogens is 1. The van der Waals surface area contributed by atoms with Crippen molar-refractivity contribution in [2.75, 3.05) is 0 Å². The maximum Gasteiger partial charge on any atom is 0.494 e. The first-order valence-electron chi connectivity index (χ1n) is 6.68. The molecule has 2 heterocycles. The molecule has 1 aliphatic heterocycles. The van der Waals surface area contributed by atoms with E-state index in [1.165, 1.54) is 0 Å². The first-order valence-corrected chi connectivity index (χ1v) is 6.68. The van der Waals surface area contributed by atoms with E-state index < -0.39 is 7.12 Å². The van der Waals surface area contributed by atoms with Gasteiger partial charge in [-0.25, -0.2) is 4.85 Å². The summed E-state index contributed by atoms with van der Waals surface area (Å²) in [5, 5.41) is 1.04. The van der Waals surface area contributed by atoms with E-state index in [0.29, 0.717) is 5.69 Å². The van der Waals surface area contributed by atoms with Gasteiger partial charge in [0, 0.05) is 11.7 Å². The summed E-state index contributed by atoms with van der Waals surface area (Å²) in [5.41, 5.74) is 1.67. The van der Waals surface area contributed by atoms with Crippen molar-refractivity contribution in [3.05, 3.63) is 35.8 Å². The topological polar surface area (TPSA) is 38.6 Å². The number of hydrogen-bond donors (Lipinski definition) is 1. The van der Waals surface area contributed by atoms with Crippen LogP contribution in [0.1, 0.15) is 27.7 Å². The average Bonchev–Trinajstić information content (AvgIpc) is 2.90. The molecule has 1 aromatic carbocycles. The van der Waals surface area contributed by atoms with Crippen molar-refractivity contribution in [1.82, 2.24) is 4.98 Å². The van der Waals surface area contributed by atoms with Gasteiger partial charge in [-0.3, -0.25) is 0 Å². The smallest absolute Gasteiger partial charge is 0.399 e. The molecule has 0 radical (unpaired) electrons. The molecule has 0 unspecified atom stereocenters. The minimum atomic E-state index is -0.444. The Morgan fingerprint density at radius 2 is 1.80 bits per heavy atom. The normalized spacial score (nSPS) is 20.2. The van der Waals surface area contributed by atoms with Gasteiger partial charge in [0.15, 0.2) is 5.69 Å². The lowest BCUT2D eigenvalue weighted by Crippen LogP contribution is -2.41. The number of fused-ring (bicyclic) bond motifs is 1. The van der Waals surface area contributed by atoms with Crippen LogP contribution in [0.4, 0.5) is 5.69 Å². The summed E-state index contributed by atoms with van der Waals surface area (Å²) in [6, 6.07) is 5.69. The first-order chi connectivity index (χ1) is 9.34. The number of aromatic amines is 1. The molecule has 102 valence electrons. The standard InChI is InChI=1S/C15H17BN2O2/c1-14(2)15(3,4)20-16(19-14)12-8-10(17-5)9-13-11(12)6-7-18-13/h6-9,18H,1-4H3. The van der Waals surface area contributed by atoms with E-state index in [0.717, 1.165) is 16.4 Å². The van der Waals surface area contributed by atoms with Gasteiger partial charge in [-0.15, -0.1) is 0 Å². The molecule has 0 bridgehead atoms. The zero-order chi connectivity index (χ0) is 14.5. The van der Waals surface area contributed by atoms with Crippen molar-refractivity contribution in [3.63, 3.8) is 0 Å². The molecule has 0 saturated carbocycles. The van der Waals surface area contributed by atoms with Crippen LogP contribution in [0.15, 0.2) is 24.4 Å². The van der Waals surface area contributed by atoms with Crippen molar-refractivity contribution in [2.45, 2.75) is 38.9 Å². The van der Waals surface area contributed by atoms with E-state index >= 15 is 0 Å². The molecular formula is C15H17BN2O2. The largest absolute Gasteiger partial charge is 0.494 e. The Balaban J connectivity index is 2.12. The molecule has 3 rings (SSSR count). The van der Waals surface area contributed by atoms with Crippen LogP contribution in [0.5, 0.6) is 0 Å². The summed E-state index contributed by atoms with van der Waals surface area (Å²) in [6.07, 6.45) is 1.87. The second kappa shape index (κ2) is 4.11. The number of nitrogens with one attached hydrogen (secondary N) is 1. The predicted molar refractivity (Wildman–Crippen MR) is 80.3 cm³/mol. The van der Waals surface area contributed by atoms with E-state index in [9.17, 15) is 0 Å². The van der Waals surface area contributed by atoms with Gasteiger partial charge in [0.05, 0.1) is 17.8 Å². The minimum Gasteiger partial charge on any atom is -0.399 e. The van der Waals surface area contributed by atoms with E-state index in [-0.39, 0.29) is 11.2 Å². The quantitative estimate of drug-likeness (QED) is 0.637.